The number of hydrogen-bond donors (Lipinski definition) is 2. The molecule has 0 aliphatic carbocycles. The van der Waals surface area contributed by atoms with Crippen molar-refractivity contribution in [1.82, 2.24) is 10.2 Å². The first-order chi connectivity index (χ1) is 9.93. The van der Waals surface area contributed by atoms with Gasteiger partial charge in [0.2, 0.25) is 0 Å². The number of nitrogens with zero attached hydrogens (tertiary/aromatic N) is 1. The van der Waals surface area contributed by atoms with E-state index in [0.717, 1.165) is 6.07 Å². The maximum absolute atomic E-state index is 13.7. The van der Waals surface area contributed by atoms with Crippen molar-refractivity contribution in [2.45, 2.75) is 13.8 Å². The summed E-state index contributed by atoms with van der Waals surface area (Å²) >= 11 is 0. The van der Waals surface area contributed by atoms with Crippen LogP contribution >= 0.6 is 0 Å². The average Bonchev–Trinajstić information content (AvgIpc) is 2.79. The molecular formula is C14H14FN3O3. The molecule has 0 bridgehead atoms. The van der Waals surface area contributed by atoms with Crippen LogP contribution < -0.4 is 5.32 Å². The van der Waals surface area contributed by atoms with Gasteiger partial charge in [-0.2, -0.15) is 5.10 Å². The van der Waals surface area contributed by atoms with Crippen LogP contribution in [-0.2, 0) is 4.74 Å². The Morgan fingerprint density at radius 2 is 2.05 bits per heavy atom. The zero-order chi connectivity index (χ0) is 15.6. The number of H-pyrrole nitrogens is 1. The number of nitrogens with one attached hydrogen (secondary N) is 2. The van der Waals surface area contributed by atoms with Gasteiger partial charge in [-0.25, -0.2) is 9.18 Å². The number of amides is 1. The minimum absolute atomic E-state index is 0.0945. The second-order valence-electron chi connectivity index (χ2n) is 4.45. The van der Waals surface area contributed by atoms with Crippen LogP contribution in [0.4, 0.5) is 10.1 Å². The Morgan fingerprint density at radius 3 is 2.62 bits per heavy atom. The molecule has 6 nitrogen and oxygen atoms in total. The quantitative estimate of drug-likeness (QED) is 0.849. The molecule has 0 aliphatic heterocycles. The number of halogens is 1. The first-order valence-electron chi connectivity index (χ1n) is 6.14. The summed E-state index contributed by atoms with van der Waals surface area (Å²) in [6.07, 6.45) is 0. The molecule has 110 valence electrons. The molecule has 0 saturated heterocycles. The van der Waals surface area contributed by atoms with Crippen molar-refractivity contribution >= 4 is 17.6 Å². The summed E-state index contributed by atoms with van der Waals surface area (Å²) in [6.45, 7) is 3.36. The summed E-state index contributed by atoms with van der Waals surface area (Å²) in [5, 5.41) is 9.02. The summed E-state index contributed by atoms with van der Waals surface area (Å²) in [5.74, 6) is -1.75. The first kappa shape index (κ1) is 14.7. The predicted octanol–water partition coefficient (Wildman–Crippen LogP) is 2.20. The molecule has 1 aromatic heterocycles. The minimum atomic E-state index is -0.644. The molecule has 0 radical (unpaired) electrons. The SMILES string of the molecule is COC(=O)c1ccc(F)c(NC(=O)c2c(C)n[nH]c2C)c1. The molecule has 0 fully saturated rings. The Labute approximate surface area is 120 Å². The number of aromatic amines is 1. The number of benzene rings is 1. The van der Waals surface area contributed by atoms with Crippen molar-refractivity contribution in [3.63, 3.8) is 0 Å². The van der Waals surface area contributed by atoms with Crippen molar-refractivity contribution in [1.29, 1.82) is 0 Å². The van der Waals surface area contributed by atoms with E-state index in [4.69, 9.17) is 0 Å². The Balaban J connectivity index is 2.31. The van der Waals surface area contributed by atoms with Crippen LogP contribution in [0.2, 0.25) is 0 Å². The van der Waals surface area contributed by atoms with Crippen LogP contribution in [0.25, 0.3) is 0 Å². The topological polar surface area (TPSA) is 84.1 Å². The second-order valence-corrected chi connectivity index (χ2v) is 4.45. The first-order valence-corrected chi connectivity index (χ1v) is 6.14. The molecule has 0 spiro atoms. The molecular weight excluding hydrogens is 277 g/mol. The van der Waals surface area contributed by atoms with E-state index in [-0.39, 0.29) is 11.3 Å². The summed E-state index contributed by atoms with van der Waals surface area (Å²) in [4.78, 5) is 23.6. The highest BCUT2D eigenvalue weighted by Crippen LogP contribution is 2.19. The van der Waals surface area contributed by atoms with Crippen molar-refractivity contribution in [3.05, 3.63) is 46.5 Å². The Morgan fingerprint density at radius 1 is 1.33 bits per heavy atom. The number of aromatic nitrogens is 2. The van der Waals surface area contributed by atoms with Crippen molar-refractivity contribution < 1.29 is 18.7 Å². The average molecular weight is 291 g/mol. The van der Waals surface area contributed by atoms with Crippen LogP contribution in [0.15, 0.2) is 18.2 Å². The number of rotatable bonds is 3. The fourth-order valence-corrected chi connectivity index (χ4v) is 1.94. The molecule has 0 unspecified atom stereocenters. The molecule has 0 atom stereocenters. The lowest BCUT2D eigenvalue weighted by Crippen LogP contribution is -2.15. The van der Waals surface area contributed by atoms with Gasteiger partial charge in [0, 0.05) is 5.69 Å². The molecule has 0 aliphatic rings. The lowest BCUT2D eigenvalue weighted by molar-refractivity contribution is 0.0600. The number of carbonyl (C=O) groups is 2. The maximum Gasteiger partial charge on any atom is 0.337 e. The predicted molar refractivity (Wildman–Crippen MR) is 73.8 cm³/mol. The van der Waals surface area contributed by atoms with Crippen LogP contribution in [0.1, 0.15) is 32.1 Å². The summed E-state index contributed by atoms with van der Waals surface area (Å²) in [5.41, 5.74) is 1.49. The molecule has 7 heteroatoms. The van der Waals surface area contributed by atoms with Gasteiger partial charge in [0.1, 0.15) is 5.82 Å². The maximum atomic E-state index is 13.7. The molecule has 0 saturated carbocycles. The Hall–Kier alpha value is -2.70. The lowest BCUT2D eigenvalue weighted by atomic mass is 10.1. The fourth-order valence-electron chi connectivity index (χ4n) is 1.94. The number of aryl methyl sites for hydroxylation is 2. The third-order valence-electron chi connectivity index (χ3n) is 2.99. The van der Waals surface area contributed by atoms with E-state index >= 15 is 0 Å². The van der Waals surface area contributed by atoms with Crippen LogP contribution in [-0.4, -0.2) is 29.2 Å². The zero-order valence-electron chi connectivity index (χ0n) is 11.8. The molecule has 2 N–H and O–H groups in total. The van der Waals surface area contributed by atoms with Crippen LogP contribution in [0, 0.1) is 19.7 Å². The van der Waals surface area contributed by atoms with Gasteiger partial charge in [-0.1, -0.05) is 0 Å². The highest BCUT2D eigenvalue weighted by molar-refractivity contribution is 6.06. The van der Waals surface area contributed by atoms with Gasteiger partial charge in [0.25, 0.3) is 5.91 Å². The van der Waals surface area contributed by atoms with Gasteiger partial charge in [-0.05, 0) is 32.0 Å². The normalized spacial score (nSPS) is 10.3. The number of hydrogen-bond acceptors (Lipinski definition) is 4. The molecule has 2 aromatic rings. The highest BCUT2D eigenvalue weighted by Gasteiger charge is 2.18. The van der Waals surface area contributed by atoms with Crippen LogP contribution in [0.5, 0.6) is 0 Å². The molecule has 1 aromatic carbocycles. The molecule has 21 heavy (non-hydrogen) atoms. The Bertz CT molecular complexity index is 690. The lowest BCUT2D eigenvalue weighted by Gasteiger charge is -2.08. The monoisotopic (exact) mass is 291 g/mol. The van der Waals surface area contributed by atoms with E-state index in [0.29, 0.717) is 17.0 Å². The smallest absolute Gasteiger partial charge is 0.337 e. The largest absolute Gasteiger partial charge is 0.465 e. The van der Waals surface area contributed by atoms with Gasteiger partial charge in [-0.15, -0.1) is 0 Å². The summed E-state index contributed by atoms with van der Waals surface area (Å²) in [7, 11) is 1.22. The van der Waals surface area contributed by atoms with Crippen molar-refractivity contribution in [3.8, 4) is 0 Å². The number of carbonyl (C=O) groups excluding carboxylic acids is 2. The highest BCUT2D eigenvalue weighted by atomic mass is 19.1. The van der Waals surface area contributed by atoms with Crippen LogP contribution in [0.3, 0.4) is 0 Å². The second kappa shape index (κ2) is 5.74. The van der Waals surface area contributed by atoms with E-state index in [2.05, 4.69) is 20.3 Å². The molecule has 2 rings (SSSR count). The van der Waals surface area contributed by atoms with Gasteiger partial charge >= 0.3 is 5.97 Å². The minimum Gasteiger partial charge on any atom is -0.465 e. The summed E-state index contributed by atoms with van der Waals surface area (Å²) in [6, 6.07) is 3.60. The van der Waals surface area contributed by atoms with E-state index in [1.54, 1.807) is 13.8 Å². The standard InChI is InChI=1S/C14H14FN3O3/c1-7-12(8(2)18-17-7)13(19)16-11-6-9(14(20)21-3)4-5-10(11)15/h4-6H,1-3H3,(H,16,19)(H,17,18). The number of methoxy groups -OCH3 is 1. The fraction of sp³-hybridized carbons (Fsp3) is 0.214. The van der Waals surface area contributed by atoms with Gasteiger partial charge in [0.15, 0.2) is 0 Å². The van der Waals surface area contributed by atoms with E-state index in [1.807, 2.05) is 0 Å². The van der Waals surface area contributed by atoms with Crippen molar-refractivity contribution in [2.75, 3.05) is 12.4 Å². The van der Waals surface area contributed by atoms with E-state index in [9.17, 15) is 14.0 Å². The van der Waals surface area contributed by atoms with Gasteiger partial charge in [0.05, 0.1) is 29.6 Å². The number of esters is 1. The molecule has 1 amide bonds. The summed E-state index contributed by atoms with van der Waals surface area (Å²) < 4.78 is 18.3. The third kappa shape index (κ3) is 2.91. The van der Waals surface area contributed by atoms with Gasteiger partial charge < -0.3 is 10.1 Å². The van der Waals surface area contributed by atoms with Gasteiger partial charge in [-0.3, -0.25) is 9.89 Å². The van der Waals surface area contributed by atoms with E-state index in [1.165, 1.54) is 19.2 Å². The Kier molecular flexibility index (Phi) is 4.02. The molecule has 1 heterocycles. The zero-order valence-corrected chi connectivity index (χ0v) is 11.8. The third-order valence-corrected chi connectivity index (χ3v) is 2.99. The van der Waals surface area contributed by atoms with E-state index < -0.39 is 17.7 Å². The number of ether oxygens (including phenoxy) is 1. The van der Waals surface area contributed by atoms with Crippen molar-refractivity contribution in [2.24, 2.45) is 0 Å². The number of anilines is 1.